The number of aliphatic imine (C=N–C) groups is 1. The van der Waals surface area contributed by atoms with Gasteiger partial charge in [0.1, 0.15) is 0 Å². The summed E-state index contributed by atoms with van der Waals surface area (Å²) in [6, 6.07) is 0. The third-order valence-corrected chi connectivity index (χ3v) is 5.16. The molecule has 0 spiro atoms. The molecule has 0 radical (unpaired) electrons. The van der Waals surface area contributed by atoms with Gasteiger partial charge >= 0.3 is 0 Å². The summed E-state index contributed by atoms with van der Waals surface area (Å²) in [6.07, 6.45) is 7.97. The van der Waals surface area contributed by atoms with E-state index in [1.165, 1.54) is 32.1 Å². The van der Waals surface area contributed by atoms with Crippen LogP contribution in [-0.4, -0.2) is 37.8 Å². The molecule has 0 aromatic rings. The second-order valence-electron chi connectivity index (χ2n) is 7.09. The molecule has 3 aliphatic rings. The average molecular weight is 407 g/mol. The summed E-state index contributed by atoms with van der Waals surface area (Å²) in [4.78, 5) is 4.84. The number of nitrogens with one attached hydrogen (secondary N) is 2. The van der Waals surface area contributed by atoms with Gasteiger partial charge in [-0.05, 0) is 63.7 Å². The molecule has 1 heterocycles. The van der Waals surface area contributed by atoms with Gasteiger partial charge in [0.15, 0.2) is 5.96 Å². The van der Waals surface area contributed by atoms with Gasteiger partial charge in [-0.15, -0.1) is 24.0 Å². The number of hydrogen-bond acceptors (Lipinski definition) is 2. The molecule has 0 amide bonds. The highest BCUT2D eigenvalue weighted by atomic mass is 127. The molecule has 1 aliphatic heterocycles. The predicted molar refractivity (Wildman–Crippen MR) is 97.4 cm³/mol. The van der Waals surface area contributed by atoms with Crippen molar-refractivity contribution in [3.05, 3.63) is 0 Å². The zero-order valence-corrected chi connectivity index (χ0v) is 15.7. The van der Waals surface area contributed by atoms with Gasteiger partial charge in [0.2, 0.25) is 0 Å². The minimum absolute atomic E-state index is 0. The number of guanidine groups is 1. The number of nitrogens with zero attached hydrogens (tertiary/aromatic N) is 1. The lowest BCUT2D eigenvalue weighted by atomic mass is 10.0. The van der Waals surface area contributed by atoms with Crippen LogP contribution in [0.1, 0.15) is 52.4 Å². The first-order chi connectivity index (χ1) is 9.66. The van der Waals surface area contributed by atoms with Gasteiger partial charge in [-0.2, -0.15) is 0 Å². The summed E-state index contributed by atoms with van der Waals surface area (Å²) in [7, 11) is 0. The zero-order chi connectivity index (χ0) is 14.1. The summed E-state index contributed by atoms with van der Waals surface area (Å²) < 4.78 is 5.83. The van der Waals surface area contributed by atoms with Crippen LogP contribution in [0.2, 0.25) is 0 Å². The van der Waals surface area contributed by atoms with Crippen LogP contribution in [0, 0.1) is 11.3 Å². The smallest absolute Gasteiger partial charge is 0.191 e. The monoisotopic (exact) mass is 407 g/mol. The first kappa shape index (κ1) is 17.3. The van der Waals surface area contributed by atoms with Crippen LogP contribution in [0.5, 0.6) is 0 Å². The molecule has 2 aliphatic carbocycles. The highest BCUT2D eigenvalue weighted by Crippen LogP contribution is 2.61. The van der Waals surface area contributed by atoms with Crippen molar-refractivity contribution in [1.82, 2.24) is 10.6 Å². The first-order valence-corrected chi connectivity index (χ1v) is 8.32. The van der Waals surface area contributed by atoms with Crippen molar-refractivity contribution in [2.75, 3.05) is 26.2 Å². The maximum Gasteiger partial charge on any atom is 0.191 e. The molecule has 1 atom stereocenters. The number of halogens is 1. The van der Waals surface area contributed by atoms with E-state index in [1.54, 1.807) is 0 Å². The van der Waals surface area contributed by atoms with Gasteiger partial charge in [0.25, 0.3) is 0 Å². The lowest BCUT2D eigenvalue weighted by Crippen LogP contribution is -2.45. The Kier molecular flexibility index (Phi) is 5.79. The van der Waals surface area contributed by atoms with Crippen LogP contribution < -0.4 is 10.6 Å². The molecule has 0 aromatic carbocycles. The van der Waals surface area contributed by atoms with Crippen LogP contribution >= 0.6 is 24.0 Å². The van der Waals surface area contributed by atoms with E-state index < -0.39 is 0 Å². The topological polar surface area (TPSA) is 45.7 Å². The summed E-state index contributed by atoms with van der Waals surface area (Å²) in [6.45, 7) is 8.00. The van der Waals surface area contributed by atoms with Gasteiger partial charge in [0, 0.05) is 26.2 Å². The molecule has 4 nitrogen and oxygen atoms in total. The van der Waals surface area contributed by atoms with Crippen molar-refractivity contribution >= 4 is 29.9 Å². The van der Waals surface area contributed by atoms with Crippen molar-refractivity contribution in [3.8, 4) is 0 Å². The van der Waals surface area contributed by atoms with E-state index in [9.17, 15) is 0 Å². The van der Waals surface area contributed by atoms with Gasteiger partial charge in [0.05, 0.1) is 5.60 Å². The fourth-order valence-corrected chi connectivity index (χ4v) is 3.38. The Morgan fingerprint density at radius 2 is 2.00 bits per heavy atom. The number of rotatable bonds is 6. The highest BCUT2D eigenvalue weighted by Gasteiger charge is 2.53. The summed E-state index contributed by atoms with van der Waals surface area (Å²) in [5, 5.41) is 6.84. The van der Waals surface area contributed by atoms with E-state index in [2.05, 4.69) is 24.5 Å². The van der Waals surface area contributed by atoms with Crippen molar-refractivity contribution in [2.45, 2.75) is 58.0 Å². The average Bonchev–Trinajstić information content (AvgIpc) is 3.33. The SMILES string of the molecule is CCNC(=NCC1(C2CC2)CC1)NCC1(C)CCCO1.I. The standard InChI is InChI=1S/C16H29N3O.HI/c1-3-17-14(18-11-15(2)7-4-10-20-15)19-12-16(8-9-16)13-5-6-13;/h13H,3-12H2,1-2H3,(H2,17,18,19);1H. The molecule has 21 heavy (non-hydrogen) atoms. The van der Waals surface area contributed by atoms with E-state index in [0.717, 1.165) is 44.5 Å². The van der Waals surface area contributed by atoms with E-state index >= 15 is 0 Å². The highest BCUT2D eigenvalue weighted by molar-refractivity contribution is 14.0. The van der Waals surface area contributed by atoms with E-state index in [4.69, 9.17) is 9.73 Å². The van der Waals surface area contributed by atoms with Crippen LogP contribution in [-0.2, 0) is 4.74 Å². The van der Waals surface area contributed by atoms with Crippen molar-refractivity contribution in [1.29, 1.82) is 0 Å². The number of hydrogen-bond donors (Lipinski definition) is 2. The molecular formula is C16H30IN3O. The molecule has 5 heteroatoms. The first-order valence-electron chi connectivity index (χ1n) is 8.32. The molecule has 1 saturated heterocycles. The summed E-state index contributed by atoms with van der Waals surface area (Å²) in [5.41, 5.74) is 0.570. The lowest BCUT2D eigenvalue weighted by Gasteiger charge is -2.25. The zero-order valence-electron chi connectivity index (χ0n) is 13.4. The largest absolute Gasteiger partial charge is 0.373 e. The predicted octanol–water partition coefficient (Wildman–Crippen LogP) is 2.92. The fraction of sp³-hybridized carbons (Fsp3) is 0.938. The van der Waals surface area contributed by atoms with Crippen molar-refractivity contribution in [3.63, 3.8) is 0 Å². The lowest BCUT2D eigenvalue weighted by molar-refractivity contribution is 0.0242. The Bertz CT molecular complexity index is 372. The van der Waals surface area contributed by atoms with Crippen LogP contribution in [0.25, 0.3) is 0 Å². The molecule has 3 fully saturated rings. The van der Waals surface area contributed by atoms with Gasteiger partial charge in [-0.3, -0.25) is 4.99 Å². The second-order valence-corrected chi connectivity index (χ2v) is 7.09. The summed E-state index contributed by atoms with van der Waals surface area (Å²) in [5.74, 6) is 1.95. The Morgan fingerprint density at radius 3 is 2.52 bits per heavy atom. The van der Waals surface area contributed by atoms with Gasteiger partial charge < -0.3 is 15.4 Å². The third kappa shape index (κ3) is 4.47. The van der Waals surface area contributed by atoms with Crippen LogP contribution in [0.4, 0.5) is 0 Å². The second kappa shape index (κ2) is 7.02. The maximum absolute atomic E-state index is 5.83. The van der Waals surface area contributed by atoms with E-state index in [0.29, 0.717) is 5.41 Å². The van der Waals surface area contributed by atoms with Crippen molar-refractivity contribution in [2.24, 2.45) is 16.3 Å². The molecule has 0 aromatic heterocycles. The number of ether oxygens (including phenoxy) is 1. The molecule has 122 valence electrons. The van der Waals surface area contributed by atoms with Gasteiger partial charge in [-0.1, -0.05) is 0 Å². The third-order valence-electron chi connectivity index (χ3n) is 5.16. The summed E-state index contributed by atoms with van der Waals surface area (Å²) >= 11 is 0. The Balaban J connectivity index is 0.00000161. The van der Waals surface area contributed by atoms with Crippen LogP contribution in [0.15, 0.2) is 4.99 Å². The van der Waals surface area contributed by atoms with Gasteiger partial charge in [-0.25, -0.2) is 0 Å². The quantitative estimate of drug-likeness (QED) is 0.404. The molecule has 1 unspecified atom stereocenters. The molecule has 2 N–H and O–H groups in total. The Hall–Kier alpha value is -0.0400. The molecular weight excluding hydrogens is 377 g/mol. The minimum atomic E-state index is -0.00997. The minimum Gasteiger partial charge on any atom is -0.373 e. The fourth-order valence-electron chi connectivity index (χ4n) is 3.38. The van der Waals surface area contributed by atoms with Crippen LogP contribution in [0.3, 0.4) is 0 Å². The normalized spacial score (nSPS) is 30.7. The Labute approximate surface area is 145 Å². The maximum atomic E-state index is 5.83. The van der Waals surface area contributed by atoms with Crippen molar-refractivity contribution < 1.29 is 4.74 Å². The van der Waals surface area contributed by atoms with E-state index in [-0.39, 0.29) is 29.6 Å². The molecule has 3 rings (SSSR count). The Morgan fingerprint density at radius 1 is 1.24 bits per heavy atom. The molecule has 0 bridgehead atoms. The van der Waals surface area contributed by atoms with E-state index in [1.807, 2.05) is 0 Å². The molecule has 2 saturated carbocycles.